The van der Waals surface area contributed by atoms with Gasteiger partial charge in [-0.1, -0.05) is 25.8 Å². The van der Waals surface area contributed by atoms with Crippen molar-refractivity contribution in [2.75, 3.05) is 13.2 Å². The minimum atomic E-state index is -0.902. The molecule has 0 aromatic carbocycles. The maximum Gasteiger partial charge on any atom is 0.347 e. The Morgan fingerprint density at radius 2 is 2.10 bits per heavy atom. The zero-order valence-electron chi connectivity index (χ0n) is 12.8. The van der Waals surface area contributed by atoms with Crippen molar-refractivity contribution in [3.8, 4) is 0 Å². The lowest BCUT2D eigenvalue weighted by Gasteiger charge is -2.12. The van der Waals surface area contributed by atoms with Gasteiger partial charge < -0.3 is 20.5 Å². The summed E-state index contributed by atoms with van der Waals surface area (Å²) >= 11 is 0. The second-order valence-corrected chi connectivity index (χ2v) is 4.56. The van der Waals surface area contributed by atoms with E-state index in [1.54, 1.807) is 18.4 Å². The highest BCUT2D eigenvalue weighted by molar-refractivity contribution is 5.79. The largest absolute Gasteiger partial charge is 0.463 e. The molecule has 0 spiro atoms. The molecule has 0 fully saturated rings. The third-order valence-corrected chi connectivity index (χ3v) is 2.59. The van der Waals surface area contributed by atoms with Crippen LogP contribution in [0.5, 0.6) is 0 Å². The number of unbranched alkanes of at least 4 members (excludes halogenated alkanes) is 2. The van der Waals surface area contributed by atoms with Crippen LogP contribution in [-0.2, 0) is 19.1 Å². The molecule has 0 aliphatic heterocycles. The Balaban J connectivity index is 3.84. The van der Waals surface area contributed by atoms with Crippen LogP contribution in [0.4, 0.5) is 0 Å². The van der Waals surface area contributed by atoms with Crippen molar-refractivity contribution in [1.82, 2.24) is 5.32 Å². The van der Waals surface area contributed by atoms with Crippen LogP contribution in [0, 0.1) is 0 Å². The fourth-order valence-electron chi connectivity index (χ4n) is 1.33. The van der Waals surface area contributed by atoms with E-state index in [1.165, 1.54) is 6.92 Å². The molecular weight excluding hydrogens is 272 g/mol. The first-order valence-electron chi connectivity index (χ1n) is 7.15. The molecule has 0 amide bonds. The number of hydrogen-bond acceptors (Lipinski definition) is 6. The number of rotatable bonds is 11. The number of ether oxygens (including phenoxy) is 2. The second kappa shape index (κ2) is 12.0. The fraction of sp³-hybridized carbons (Fsp3) is 0.600. The normalized spacial score (nSPS) is 13.5. The molecule has 2 atom stereocenters. The van der Waals surface area contributed by atoms with Gasteiger partial charge in [0.25, 0.3) is 0 Å². The summed E-state index contributed by atoms with van der Waals surface area (Å²) in [6, 6.07) is -0.273. The lowest BCUT2D eigenvalue weighted by molar-refractivity contribution is -0.166. The highest BCUT2D eigenvalue weighted by Gasteiger charge is 2.18. The van der Waals surface area contributed by atoms with Gasteiger partial charge in [0.2, 0.25) is 0 Å². The van der Waals surface area contributed by atoms with Gasteiger partial charge in [-0.3, -0.25) is 4.79 Å². The molecule has 0 bridgehead atoms. The number of nitrogens with two attached hydrogens (primary N) is 1. The summed E-state index contributed by atoms with van der Waals surface area (Å²) in [5.41, 5.74) is 5.56. The number of carbonyl (C=O) groups is 2. The second-order valence-electron chi connectivity index (χ2n) is 4.56. The third-order valence-electron chi connectivity index (χ3n) is 2.59. The summed E-state index contributed by atoms with van der Waals surface area (Å²) < 4.78 is 9.94. The third kappa shape index (κ3) is 10.6. The summed E-state index contributed by atoms with van der Waals surface area (Å²) in [5, 5.41) is 2.72. The van der Waals surface area contributed by atoms with Gasteiger partial charge in [0.05, 0.1) is 6.61 Å². The average molecular weight is 298 g/mol. The first-order valence-corrected chi connectivity index (χ1v) is 7.15. The fourth-order valence-corrected chi connectivity index (χ4v) is 1.33. The Labute approximate surface area is 126 Å². The molecule has 3 N–H and O–H groups in total. The van der Waals surface area contributed by atoms with Crippen LogP contribution in [0.3, 0.4) is 0 Å². The van der Waals surface area contributed by atoms with Crippen LogP contribution < -0.4 is 11.1 Å². The standard InChI is InChI=1S/C15H26N2O4/c1-4-6-7-10-20-15(19)12(3)21-14(18)11-17-9-8-13(16)5-2/h5,8-9,12-13,17H,2,4,6-7,10-11,16H2,1,3H3/b9-8-. The van der Waals surface area contributed by atoms with Crippen LogP contribution in [0.1, 0.15) is 33.1 Å². The van der Waals surface area contributed by atoms with Crippen molar-refractivity contribution in [1.29, 1.82) is 0 Å². The van der Waals surface area contributed by atoms with Crippen molar-refractivity contribution in [2.24, 2.45) is 5.73 Å². The van der Waals surface area contributed by atoms with Crippen LogP contribution in [0.2, 0.25) is 0 Å². The quantitative estimate of drug-likeness (QED) is 0.339. The smallest absolute Gasteiger partial charge is 0.347 e. The summed E-state index contributed by atoms with van der Waals surface area (Å²) in [6.07, 6.45) is 6.72. The van der Waals surface area contributed by atoms with Crippen LogP contribution in [0.25, 0.3) is 0 Å². The summed E-state index contributed by atoms with van der Waals surface area (Å²) in [5.74, 6) is -1.06. The monoisotopic (exact) mass is 298 g/mol. The molecule has 2 unspecified atom stereocenters. The lowest BCUT2D eigenvalue weighted by atomic mass is 10.3. The van der Waals surface area contributed by atoms with E-state index in [0.717, 1.165) is 19.3 Å². The summed E-state index contributed by atoms with van der Waals surface area (Å²) in [6.45, 7) is 7.39. The topological polar surface area (TPSA) is 90.6 Å². The van der Waals surface area contributed by atoms with Gasteiger partial charge in [0, 0.05) is 6.04 Å². The average Bonchev–Trinajstić information content (AvgIpc) is 2.47. The Kier molecular flexibility index (Phi) is 10.9. The van der Waals surface area contributed by atoms with Crippen molar-refractivity contribution >= 4 is 11.9 Å². The molecule has 0 saturated heterocycles. The van der Waals surface area contributed by atoms with Crippen LogP contribution >= 0.6 is 0 Å². The minimum absolute atomic E-state index is 0.0478. The molecule has 120 valence electrons. The van der Waals surface area contributed by atoms with Gasteiger partial charge in [-0.15, -0.1) is 6.58 Å². The van der Waals surface area contributed by atoms with E-state index in [2.05, 4.69) is 18.8 Å². The molecule has 6 heteroatoms. The maximum absolute atomic E-state index is 11.5. The van der Waals surface area contributed by atoms with Gasteiger partial charge in [0.15, 0.2) is 6.10 Å². The molecule has 6 nitrogen and oxygen atoms in total. The van der Waals surface area contributed by atoms with E-state index in [4.69, 9.17) is 15.2 Å². The Bertz CT molecular complexity index is 356. The Hall–Kier alpha value is -1.82. The molecule has 21 heavy (non-hydrogen) atoms. The van der Waals surface area contributed by atoms with E-state index >= 15 is 0 Å². The summed E-state index contributed by atoms with van der Waals surface area (Å²) in [4.78, 5) is 23.0. The zero-order chi connectivity index (χ0) is 16.1. The van der Waals surface area contributed by atoms with Crippen molar-refractivity contribution in [3.63, 3.8) is 0 Å². The molecule has 0 rings (SSSR count). The van der Waals surface area contributed by atoms with Gasteiger partial charge in [0.1, 0.15) is 6.54 Å². The maximum atomic E-state index is 11.5. The van der Waals surface area contributed by atoms with E-state index in [-0.39, 0.29) is 12.6 Å². The minimum Gasteiger partial charge on any atom is -0.463 e. The number of esters is 2. The summed E-state index contributed by atoms with van der Waals surface area (Å²) in [7, 11) is 0. The molecule has 0 heterocycles. The molecule has 0 aliphatic rings. The Morgan fingerprint density at radius 3 is 2.71 bits per heavy atom. The van der Waals surface area contributed by atoms with E-state index in [9.17, 15) is 9.59 Å². The first kappa shape index (κ1) is 19.2. The zero-order valence-corrected chi connectivity index (χ0v) is 12.8. The molecule has 0 aromatic heterocycles. The van der Waals surface area contributed by atoms with Crippen LogP contribution in [0.15, 0.2) is 24.9 Å². The first-order chi connectivity index (χ1) is 10.0. The van der Waals surface area contributed by atoms with E-state index < -0.39 is 18.0 Å². The highest BCUT2D eigenvalue weighted by atomic mass is 16.6. The molecule has 0 radical (unpaired) electrons. The van der Waals surface area contributed by atoms with Crippen LogP contribution in [-0.4, -0.2) is 37.2 Å². The molecule has 0 saturated carbocycles. The van der Waals surface area contributed by atoms with Crippen molar-refractivity contribution < 1.29 is 19.1 Å². The van der Waals surface area contributed by atoms with Crippen molar-refractivity contribution in [3.05, 3.63) is 24.9 Å². The molecule has 0 aliphatic carbocycles. The van der Waals surface area contributed by atoms with Gasteiger partial charge in [-0.25, -0.2) is 4.79 Å². The van der Waals surface area contributed by atoms with E-state index in [0.29, 0.717) is 6.61 Å². The SMILES string of the molecule is C=CC(N)/C=C\NCC(=O)OC(C)C(=O)OCCCCC. The van der Waals surface area contributed by atoms with E-state index in [1.807, 2.05) is 0 Å². The predicted octanol–water partition coefficient (Wildman–Crippen LogP) is 1.27. The number of carbonyl (C=O) groups excluding carboxylic acids is 2. The molecule has 0 aromatic rings. The van der Waals surface area contributed by atoms with Gasteiger partial charge in [-0.2, -0.15) is 0 Å². The van der Waals surface area contributed by atoms with Crippen molar-refractivity contribution in [2.45, 2.75) is 45.3 Å². The molecular formula is C15H26N2O4. The predicted molar refractivity (Wildman–Crippen MR) is 81.4 cm³/mol. The number of hydrogen-bond donors (Lipinski definition) is 2. The number of nitrogens with one attached hydrogen (secondary N) is 1. The Morgan fingerprint density at radius 1 is 1.38 bits per heavy atom. The van der Waals surface area contributed by atoms with Gasteiger partial charge >= 0.3 is 11.9 Å². The highest BCUT2D eigenvalue weighted by Crippen LogP contribution is 1.99. The lowest BCUT2D eigenvalue weighted by Crippen LogP contribution is -2.30. The van der Waals surface area contributed by atoms with Gasteiger partial charge in [-0.05, 0) is 25.6 Å².